The number of nitrogens with one attached hydrogen (secondary N) is 3. The zero-order valence-electron chi connectivity index (χ0n) is 19.4. The standard InChI is InChI=1S/C25H30N4O5/c1-17(2)16-34-23(31)14-21-25(33)26-11-12-29(21)22(30)15-27-19-9-6-10-20(13-19)28-24(32)18-7-4-3-5-8-18/h3-10,13,17,21,27H,11-12,14-16H2,1-2H3,(H,26,33)(H,28,32). The van der Waals surface area contributed by atoms with Crippen molar-refractivity contribution in [3.05, 3.63) is 60.2 Å². The van der Waals surface area contributed by atoms with Crippen molar-refractivity contribution >= 4 is 35.1 Å². The highest BCUT2D eigenvalue weighted by Crippen LogP contribution is 2.17. The Bertz CT molecular complexity index is 1020. The van der Waals surface area contributed by atoms with Crippen LogP contribution in [0.5, 0.6) is 0 Å². The number of nitrogens with zero attached hydrogens (tertiary/aromatic N) is 1. The van der Waals surface area contributed by atoms with Gasteiger partial charge < -0.3 is 25.6 Å². The minimum absolute atomic E-state index is 0.0685. The summed E-state index contributed by atoms with van der Waals surface area (Å²) in [7, 11) is 0. The Morgan fingerprint density at radius 2 is 1.82 bits per heavy atom. The van der Waals surface area contributed by atoms with E-state index in [-0.39, 0.29) is 43.2 Å². The van der Waals surface area contributed by atoms with Crippen LogP contribution < -0.4 is 16.0 Å². The van der Waals surface area contributed by atoms with Crippen LogP contribution in [-0.4, -0.2) is 60.9 Å². The monoisotopic (exact) mass is 466 g/mol. The molecule has 0 aliphatic carbocycles. The van der Waals surface area contributed by atoms with Gasteiger partial charge in [0.1, 0.15) is 6.04 Å². The summed E-state index contributed by atoms with van der Waals surface area (Å²) < 4.78 is 5.18. The molecular weight excluding hydrogens is 436 g/mol. The van der Waals surface area contributed by atoms with Gasteiger partial charge in [0, 0.05) is 30.0 Å². The summed E-state index contributed by atoms with van der Waals surface area (Å²) in [6.45, 7) is 4.67. The number of esters is 1. The summed E-state index contributed by atoms with van der Waals surface area (Å²) in [4.78, 5) is 51.2. The van der Waals surface area contributed by atoms with Gasteiger partial charge in [-0.05, 0) is 36.2 Å². The van der Waals surface area contributed by atoms with Crippen molar-refractivity contribution in [3.8, 4) is 0 Å². The number of amides is 3. The Hall–Kier alpha value is -3.88. The maximum atomic E-state index is 12.9. The lowest BCUT2D eigenvalue weighted by Gasteiger charge is -2.34. The lowest BCUT2D eigenvalue weighted by molar-refractivity contribution is -0.152. The first-order valence-corrected chi connectivity index (χ1v) is 11.3. The van der Waals surface area contributed by atoms with E-state index in [4.69, 9.17) is 4.74 Å². The molecule has 1 unspecified atom stereocenters. The average molecular weight is 467 g/mol. The maximum Gasteiger partial charge on any atom is 0.308 e. The molecule has 0 spiro atoms. The van der Waals surface area contributed by atoms with Crippen molar-refractivity contribution in [2.24, 2.45) is 5.92 Å². The number of piperazine rings is 1. The number of benzene rings is 2. The maximum absolute atomic E-state index is 12.9. The van der Waals surface area contributed by atoms with Crippen molar-refractivity contribution in [2.75, 3.05) is 36.9 Å². The average Bonchev–Trinajstić information content (AvgIpc) is 2.83. The molecule has 0 aromatic heterocycles. The molecule has 0 saturated carbocycles. The molecule has 180 valence electrons. The third kappa shape index (κ3) is 7.06. The predicted octanol–water partition coefficient (Wildman–Crippen LogP) is 2.27. The van der Waals surface area contributed by atoms with Crippen LogP contribution in [0.25, 0.3) is 0 Å². The smallest absolute Gasteiger partial charge is 0.308 e. The van der Waals surface area contributed by atoms with E-state index in [1.54, 1.807) is 48.5 Å². The number of anilines is 2. The second kappa shape index (κ2) is 11.8. The minimum atomic E-state index is -0.904. The third-order valence-electron chi connectivity index (χ3n) is 5.19. The zero-order chi connectivity index (χ0) is 24.5. The van der Waals surface area contributed by atoms with Crippen LogP contribution in [-0.2, 0) is 19.1 Å². The van der Waals surface area contributed by atoms with Gasteiger partial charge in [0.05, 0.1) is 19.6 Å². The molecule has 1 aliphatic rings. The van der Waals surface area contributed by atoms with E-state index in [1.165, 1.54) is 4.90 Å². The Kier molecular flexibility index (Phi) is 8.61. The topological polar surface area (TPSA) is 117 Å². The Labute approximate surface area is 198 Å². The SMILES string of the molecule is CC(C)COC(=O)CC1C(=O)NCCN1C(=O)CNc1cccc(NC(=O)c2ccccc2)c1. The van der Waals surface area contributed by atoms with Crippen LogP contribution in [0.3, 0.4) is 0 Å². The fourth-order valence-corrected chi connectivity index (χ4v) is 3.47. The zero-order valence-corrected chi connectivity index (χ0v) is 19.4. The molecule has 9 heteroatoms. The molecule has 0 radical (unpaired) electrons. The number of hydrogen-bond acceptors (Lipinski definition) is 6. The largest absolute Gasteiger partial charge is 0.465 e. The van der Waals surface area contributed by atoms with E-state index >= 15 is 0 Å². The molecule has 3 N–H and O–H groups in total. The van der Waals surface area contributed by atoms with E-state index in [0.29, 0.717) is 30.0 Å². The molecule has 34 heavy (non-hydrogen) atoms. The molecular formula is C25H30N4O5. The van der Waals surface area contributed by atoms with Crippen LogP contribution in [0.1, 0.15) is 30.6 Å². The lowest BCUT2D eigenvalue weighted by atomic mass is 10.1. The van der Waals surface area contributed by atoms with Gasteiger partial charge in [0.2, 0.25) is 11.8 Å². The van der Waals surface area contributed by atoms with Gasteiger partial charge in [0.15, 0.2) is 0 Å². The second-order valence-electron chi connectivity index (χ2n) is 8.43. The molecule has 9 nitrogen and oxygen atoms in total. The highest BCUT2D eigenvalue weighted by molar-refractivity contribution is 6.04. The fraction of sp³-hybridized carbons (Fsp3) is 0.360. The highest BCUT2D eigenvalue weighted by atomic mass is 16.5. The van der Waals surface area contributed by atoms with Gasteiger partial charge in [-0.3, -0.25) is 19.2 Å². The quantitative estimate of drug-likeness (QED) is 0.488. The number of carbonyl (C=O) groups is 4. The highest BCUT2D eigenvalue weighted by Gasteiger charge is 2.35. The summed E-state index contributed by atoms with van der Waals surface area (Å²) in [6.07, 6.45) is -0.189. The van der Waals surface area contributed by atoms with Crippen molar-refractivity contribution in [3.63, 3.8) is 0 Å². The van der Waals surface area contributed by atoms with Gasteiger partial charge in [-0.25, -0.2) is 0 Å². The van der Waals surface area contributed by atoms with Crippen LogP contribution in [0.2, 0.25) is 0 Å². The van der Waals surface area contributed by atoms with Gasteiger partial charge in [-0.1, -0.05) is 38.1 Å². The summed E-state index contributed by atoms with van der Waals surface area (Å²) in [6, 6.07) is 15.0. The molecule has 3 amide bonds. The second-order valence-corrected chi connectivity index (χ2v) is 8.43. The number of hydrogen-bond donors (Lipinski definition) is 3. The summed E-state index contributed by atoms with van der Waals surface area (Å²) in [5.74, 6) is -1.25. The van der Waals surface area contributed by atoms with Crippen LogP contribution in [0.15, 0.2) is 54.6 Å². The molecule has 2 aromatic rings. The predicted molar refractivity (Wildman–Crippen MR) is 128 cm³/mol. The molecule has 1 heterocycles. The minimum Gasteiger partial charge on any atom is -0.465 e. The third-order valence-corrected chi connectivity index (χ3v) is 5.19. The number of rotatable bonds is 9. The summed E-state index contributed by atoms with van der Waals surface area (Å²) >= 11 is 0. The van der Waals surface area contributed by atoms with Gasteiger partial charge >= 0.3 is 5.97 Å². The molecule has 1 fully saturated rings. The molecule has 1 saturated heterocycles. The normalized spacial score (nSPS) is 15.4. The van der Waals surface area contributed by atoms with Gasteiger partial charge in [-0.15, -0.1) is 0 Å². The Morgan fingerprint density at radius 3 is 2.56 bits per heavy atom. The first kappa shape index (κ1) is 24.8. The van der Waals surface area contributed by atoms with Crippen LogP contribution >= 0.6 is 0 Å². The summed E-state index contributed by atoms with van der Waals surface area (Å²) in [5.41, 5.74) is 1.75. The summed E-state index contributed by atoms with van der Waals surface area (Å²) in [5, 5.41) is 8.56. The van der Waals surface area contributed by atoms with E-state index in [1.807, 2.05) is 19.9 Å². The van der Waals surface area contributed by atoms with Crippen molar-refractivity contribution < 1.29 is 23.9 Å². The van der Waals surface area contributed by atoms with Crippen LogP contribution in [0.4, 0.5) is 11.4 Å². The van der Waals surface area contributed by atoms with Crippen molar-refractivity contribution in [2.45, 2.75) is 26.3 Å². The fourth-order valence-electron chi connectivity index (χ4n) is 3.47. The first-order valence-electron chi connectivity index (χ1n) is 11.3. The van der Waals surface area contributed by atoms with Crippen molar-refractivity contribution in [1.82, 2.24) is 10.2 Å². The number of carbonyl (C=O) groups excluding carboxylic acids is 4. The molecule has 0 bridgehead atoms. The number of ether oxygens (including phenoxy) is 1. The Morgan fingerprint density at radius 1 is 1.09 bits per heavy atom. The lowest BCUT2D eigenvalue weighted by Crippen LogP contribution is -2.58. The van der Waals surface area contributed by atoms with E-state index in [0.717, 1.165) is 0 Å². The van der Waals surface area contributed by atoms with Crippen LogP contribution in [0, 0.1) is 5.92 Å². The van der Waals surface area contributed by atoms with Gasteiger partial charge in [0.25, 0.3) is 5.91 Å². The van der Waals surface area contributed by atoms with E-state index in [9.17, 15) is 19.2 Å². The Balaban J connectivity index is 1.58. The molecule has 1 atom stereocenters. The van der Waals surface area contributed by atoms with Gasteiger partial charge in [-0.2, -0.15) is 0 Å². The van der Waals surface area contributed by atoms with Crippen molar-refractivity contribution in [1.29, 1.82) is 0 Å². The molecule has 3 rings (SSSR count). The molecule has 2 aromatic carbocycles. The van der Waals surface area contributed by atoms with E-state index in [2.05, 4.69) is 16.0 Å². The first-order chi connectivity index (χ1) is 16.3. The van der Waals surface area contributed by atoms with E-state index < -0.39 is 12.0 Å². The molecule has 1 aliphatic heterocycles.